The third-order valence-corrected chi connectivity index (χ3v) is 2.38. The van der Waals surface area contributed by atoms with E-state index in [1.54, 1.807) is 0 Å². The van der Waals surface area contributed by atoms with Crippen LogP contribution in [0, 0.1) is 11.8 Å². The Morgan fingerprint density at radius 1 is 1.58 bits per heavy atom. The maximum Gasteiger partial charge on any atom is 0.310 e. The second kappa shape index (κ2) is 2.91. The third-order valence-electron chi connectivity index (χ3n) is 2.13. The van der Waals surface area contributed by atoms with Crippen molar-refractivity contribution in [3.05, 3.63) is 10.6 Å². The van der Waals surface area contributed by atoms with Crippen molar-refractivity contribution in [3.63, 3.8) is 0 Å². The first kappa shape index (κ1) is 9.84. The van der Waals surface area contributed by atoms with Crippen molar-refractivity contribution in [1.29, 1.82) is 0 Å². The summed E-state index contributed by atoms with van der Waals surface area (Å²) in [6, 6.07) is 0. The van der Waals surface area contributed by atoms with E-state index in [1.807, 2.05) is 0 Å². The Bertz CT molecular complexity index is 243. The van der Waals surface area contributed by atoms with E-state index in [2.05, 4.69) is 0 Å². The van der Waals surface area contributed by atoms with Gasteiger partial charge < -0.3 is 10.2 Å². The molecule has 0 amide bonds. The molecular weight excluding hydrogens is 203 g/mol. The van der Waals surface area contributed by atoms with Crippen LogP contribution in [0.2, 0.25) is 0 Å². The van der Waals surface area contributed by atoms with E-state index in [4.69, 9.17) is 28.3 Å². The van der Waals surface area contributed by atoms with Gasteiger partial charge in [-0.05, 0) is 13.0 Å². The van der Waals surface area contributed by atoms with Crippen molar-refractivity contribution in [2.24, 2.45) is 11.8 Å². The molecule has 0 radical (unpaired) electrons. The van der Waals surface area contributed by atoms with Gasteiger partial charge in [0, 0.05) is 5.92 Å². The highest BCUT2D eigenvalue weighted by Crippen LogP contribution is 2.52. The van der Waals surface area contributed by atoms with Crippen molar-refractivity contribution in [2.75, 3.05) is 0 Å². The lowest BCUT2D eigenvalue weighted by Gasteiger charge is -1.95. The summed E-state index contributed by atoms with van der Waals surface area (Å²) in [5.74, 6) is -2.29. The number of halogens is 2. The monoisotopic (exact) mass is 210 g/mol. The molecule has 1 rings (SSSR count). The van der Waals surface area contributed by atoms with E-state index in [0.29, 0.717) is 0 Å². The molecule has 0 saturated heterocycles. The number of aliphatic carboxylic acids is 1. The Hall–Kier alpha value is -0.250. The summed E-state index contributed by atoms with van der Waals surface area (Å²) in [4.78, 5) is 10.5. The van der Waals surface area contributed by atoms with E-state index in [1.165, 1.54) is 13.0 Å². The molecule has 1 fully saturated rings. The fourth-order valence-electron chi connectivity index (χ4n) is 1.34. The maximum absolute atomic E-state index is 10.5. The summed E-state index contributed by atoms with van der Waals surface area (Å²) in [5, 5.41) is 18.0. The Morgan fingerprint density at radius 3 is 2.33 bits per heavy atom. The molecule has 0 bridgehead atoms. The summed E-state index contributed by atoms with van der Waals surface area (Å²) < 4.78 is -0.0102. The first-order valence-corrected chi connectivity index (χ1v) is 4.11. The molecule has 1 aliphatic rings. The fourth-order valence-corrected chi connectivity index (χ4v) is 1.61. The normalized spacial score (nSPS) is 39.0. The standard InChI is InChI=1S/C7H8Cl2O3/c1-7(12)3(2-4(8)9)5(7)6(10)11/h2-3,5,12H,1H3,(H,10,11). The van der Waals surface area contributed by atoms with Gasteiger partial charge in [-0.2, -0.15) is 0 Å². The van der Waals surface area contributed by atoms with Crippen LogP contribution >= 0.6 is 23.2 Å². The number of hydrogen-bond donors (Lipinski definition) is 2. The van der Waals surface area contributed by atoms with Crippen LogP contribution in [0.25, 0.3) is 0 Å². The highest BCUT2D eigenvalue weighted by molar-refractivity contribution is 6.55. The molecule has 0 aromatic carbocycles. The molecule has 0 aromatic heterocycles. The van der Waals surface area contributed by atoms with Gasteiger partial charge in [0.25, 0.3) is 0 Å². The molecule has 12 heavy (non-hydrogen) atoms. The number of aliphatic hydroxyl groups is 1. The van der Waals surface area contributed by atoms with Gasteiger partial charge in [0.05, 0.1) is 11.5 Å². The molecule has 5 heteroatoms. The van der Waals surface area contributed by atoms with Crippen LogP contribution in [0.4, 0.5) is 0 Å². The average molecular weight is 211 g/mol. The summed E-state index contributed by atoms with van der Waals surface area (Å²) >= 11 is 10.7. The number of hydrogen-bond acceptors (Lipinski definition) is 2. The van der Waals surface area contributed by atoms with E-state index in [9.17, 15) is 9.90 Å². The molecule has 1 aliphatic carbocycles. The van der Waals surface area contributed by atoms with Gasteiger partial charge in [0.1, 0.15) is 4.49 Å². The molecule has 1 saturated carbocycles. The lowest BCUT2D eigenvalue weighted by Crippen LogP contribution is -2.10. The quantitative estimate of drug-likeness (QED) is 0.725. The van der Waals surface area contributed by atoms with Crippen LogP contribution in [0.15, 0.2) is 10.6 Å². The van der Waals surface area contributed by atoms with Crippen molar-refractivity contribution in [3.8, 4) is 0 Å². The topological polar surface area (TPSA) is 57.5 Å². The van der Waals surface area contributed by atoms with Gasteiger partial charge >= 0.3 is 5.97 Å². The van der Waals surface area contributed by atoms with Gasteiger partial charge in [-0.1, -0.05) is 23.2 Å². The minimum atomic E-state index is -1.21. The second-order valence-electron chi connectivity index (χ2n) is 3.02. The third kappa shape index (κ3) is 1.58. The molecule has 0 spiro atoms. The molecule has 3 nitrogen and oxygen atoms in total. The van der Waals surface area contributed by atoms with E-state index < -0.39 is 23.4 Å². The van der Waals surface area contributed by atoms with Crippen LogP contribution in [0.1, 0.15) is 6.92 Å². The summed E-state index contributed by atoms with van der Waals surface area (Å²) in [6.07, 6.45) is 1.35. The fraction of sp³-hybridized carbons (Fsp3) is 0.571. The Labute approximate surface area is 79.6 Å². The van der Waals surface area contributed by atoms with Crippen molar-refractivity contribution < 1.29 is 15.0 Å². The summed E-state index contributed by atoms with van der Waals surface area (Å²) in [5.41, 5.74) is -1.21. The van der Waals surface area contributed by atoms with Crippen LogP contribution in [-0.4, -0.2) is 21.8 Å². The Kier molecular flexibility index (Phi) is 2.38. The number of carboxylic acid groups (broad SMARTS) is 1. The highest BCUT2D eigenvalue weighted by atomic mass is 35.5. The van der Waals surface area contributed by atoms with Crippen LogP contribution in [0.3, 0.4) is 0 Å². The molecule has 3 unspecified atom stereocenters. The highest BCUT2D eigenvalue weighted by Gasteiger charge is 2.63. The minimum absolute atomic E-state index is 0.0102. The molecular formula is C7H8Cl2O3. The predicted molar refractivity (Wildman–Crippen MR) is 45.0 cm³/mol. The van der Waals surface area contributed by atoms with Crippen LogP contribution in [0.5, 0.6) is 0 Å². The first-order valence-electron chi connectivity index (χ1n) is 3.35. The predicted octanol–water partition coefficient (Wildman–Crippen LogP) is 1.39. The lowest BCUT2D eigenvalue weighted by atomic mass is 10.3. The zero-order valence-corrected chi connectivity index (χ0v) is 7.80. The van der Waals surface area contributed by atoms with Gasteiger partial charge in [-0.15, -0.1) is 0 Å². The van der Waals surface area contributed by atoms with Gasteiger partial charge in [-0.25, -0.2) is 0 Å². The SMILES string of the molecule is CC1(O)C(C=C(Cl)Cl)C1C(=O)O. The van der Waals surface area contributed by atoms with Gasteiger partial charge in [0.15, 0.2) is 0 Å². The summed E-state index contributed by atoms with van der Waals surface area (Å²) in [7, 11) is 0. The first-order chi connectivity index (χ1) is 5.37. The smallest absolute Gasteiger partial charge is 0.310 e. The zero-order chi connectivity index (χ0) is 9.52. The zero-order valence-electron chi connectivity index (χ0n) is 6.29. The molecule has 0 aliphatic heterocycles. The Balaban J connectivity index is 2.73. The largest absolute Gasteiger partial charge is 0.481 e. The molecule has 68 valence electrons. The number of carboxylic acids is 1. The van der Waals surface area contributed by atoms with Crippen LogP contribution < -0.4 is 0 Å². The van der Waals surface area contributed by atoms with E-state index in [0.717, 1.165) is 0 Å². The van der Waals surface area contributed by atoms with Crippen molar-refractivity contribution >= 4 is 29.2 Å². The molecule has 3 atom stereocenters. The van der Waals surface area contributed by atoms with Crippen molar-refractivity contribution in [2.45, 2.75) is 12.5 Å². The number of carbonyl (C=O) groups is 1. The minimum Gasteiger partial charge on any atom is -0.481 e. The van der Waals surface area contributed by atoms with Crippen molar-refractivity contribution in [1.82, 2.24) is 0 Å². The number of rotatable bonds is 2. The lowest BCUT2D eigenvalue weighted by molar-refractivity contribution is -0.140. The van der Waals surface area contributed by atoms with E-state index in [-0.39, 0.29) is 4.49 Å². The molecule has 0 heterocycles. The second-order valence-corrected chi connectivity index (χ2v) is 4.03. The van der Waals surface area contributed by atoms with Gasteiger partial charge in [0.2, 0.25) is 0 Å². The summed E-state index contributed by atoms with van der Waals surface area (Å²) in [6.45, 7) is 1.45. The average Bonchev–Trinajstić information content (AvgIpc) is 2.32. The maximum atomic E-state index is 10.5. The molecule has 0 aromatic rings. The Morgan fingerprint density at radius 2 is 2.08 bits per heavy atom. The van der Waals surface area contributed by atoms with Gasteiger partial charge in [-0.3, -0.25) is 4.79 Å². The van der Waals surface area contributed by atoms with E-state index >= 15 is 0 Å². The van der Waals surface area contributed by atoms with Crippen LogP contribution in [-0.2, 0) is 4.79 Å². The molecule has 2 N–H and O–H groups in total.